The average Bonchev–Trinajstić information content (AvgIpc) is 2.03. The molecular weight excluding hydrogens is 219 g/mol. The molecule has 0 N–H and O–H groups in total. The van der Waals surface area contributed by atoms with Gasteiger partial charge in [0.15, 0.2) is 0 Å². The summed E-state index contributed by atoms with van der Waals surface area (Å²) in [6.07, 6.45) is 0. The minimum atomic E-state index is -3.67. The number of benzene rings is 1. The van der Waals surface area contributed by atoms with Crippen molar-refractivity contribution in [2.24, 2.45) is 4.36 Å². The third kappa shape index (κ3) is 8.72. The predicted octanol–water partition coefficient (Wildman–Crippen LogP) is 2.56. The van der Waals surface area contributed by atoms with Crippen molar-refractivity contribution < 1.29 is 21.6 Å². The first kappa shape index (κ1) is 12.6. The van der Waals surface area contributed by atoms with Crippen molar-refractivity contribution in [1.82, 2.24) is 0 Å². The molecule has 0 spiro atoms. The van der Waals surface area contributed by atoms with Gasteiger partial charge in [-0.1, -0.05) is 18.2 Å². The zero-order valence-corrected chi connectivity index (χ0v) is 7.59. The van der Waals surface area contributed by atoms with E-state index in [0.717, 1.165) is 0 Å². The van der Waals surface area contributed by atoms with E-state index in [1.54, 1.807) is 30.3 Å². The van der Waals surface area contributed by atoms with E-state index < -0.39 is 17.2 Å². The largest absolute Gasteiger partial charge is 0.379 e. The second-order valence-corrected chi connectivity index (χ2v) is 2.51. The molecule has 0 fully saturated rings. The van der Waals surface area contributed by atoms with Crippen LogP contribution in [0, 0.1) is 0 Å². The van der Waals surface area contributed by atoms with Crippen molar-refractivity contribution >= 4 is 16.2 Å². The molecule has 0 aliphatic rings. The third-order valence-corrected chi connectivity index (χ3v) is 1.30. The highest BCUT2D eigenvalue weighted by Crippen LogP contribution is 2.07. The molecule has 0 aromatic heterocycles. The summed E-state index contributed by atoms with van der Waals surface area (Å²) in [6.45, 7) is -3.67. The molecule has 0 saturated heterocycles. The Morgan fingerprint density at radius 2 is 1.50 bits per heavy atom. The molecule has 7 heteroatoms. The standard InChI is InChI=1S/C6H5NO2S.CHF3/c8-10(9)7-6-4-2-1-3-5-6;2-1(3)4/h1-5H;1H. The van der Waals surface area contributed by atoms with E-state index in [1.165, 1.54) is 0 Å². The molecule has 1 rings (SSSR count). The summed E-state index contributed by atoms with van der Waals surface area (Å²) in [4.78, 5) is 0. The Bertz CT molecular complexity index is 366. The van der Waals surface area contributed by atoms with Gasteiger partial charge in [0.05, 0.1) is 5.69 Å². The van der Waals surface area contributed by atoms with Crippen LogP contribution in [-0.2, 0) is 10.5 Å². The number of hydrogen-bond donors (Lipinski definition) is 0. The minimum Gasteiger partial charge on any atom is -0.174 e. The Kier molecular flexibility index (Phi) is 6.38. The maximum absolute atomic E-state index is 10.0. The van der Waals surface area contributed by atoms with Gasteiger partial charge in [-0.05, 0) is 12.1 Å². The van der Waals surface area contributed by atoms with Gasteiger partial charge in [-0.25, -0.2) is 0 Å². The first-order chi connectivity index (χ1) is 6.52. The van der Waals surface area contributed by atoms with Gasteiger partial charge >= 0.3 is 17.2 Å². The molecule has 0 aliphatic heterocycles. The van der Waals surface area contributed by atoms with Crippen molar-refractivity contribution in [3.63, 3.8) is 0 Å². The van der Waals surface area contributed by atoms with Gasteiger partial charge in [0.25, 0.3) is 0 Å². The van der Waals surface area contributed by atoms with E-state index in [0.29, 0.717) is 5.69 Å². The minimum absolute atomic E-state index is 0.454. The topological polar surface area (TPSA) is 46.5 Å². The van der Waals surface area contributed by atoms with Crippen LogP contribution in [-0.4, -0.2) is 15.1 Å². The first-order valence-corrected chi connectivity index (χ1v) is 4.34. The second kappa shape index (κ2) is 7.07. The van der Waals surface area contributed by atoms with Crippen LogP contribution in [0.5, 0.6) is 0 Å². The van der Waals surface area contributed by atoms with Crippen LogP contribution in [0.25, 0.3) is 0 Å². The van der Waals surface area contributed by atoms with Crippen LogP contribution in [0.1, 0.15) is 0 Å². The molecule has 78 valence electrons. The number of halogens is 3. The maximum Gasteiger partial charge on any atom is 0.379 e. The Balaban J connectivity index is 0.000000364. The lowest BCUT2D eigenvalue weighted by Crippen LogP contribution is -1.65. The predicted molar refractivity (Wildman–Crippen MR) is 44.6 cm³/mol. The number of rotatable bonds is 1. The van der Waals surface area contributed by atoms with E-state index in [4.69, 9.17) is 0 Å². The van der Waals surface area contributed by atoms with Gasteiger partial charge < -0.3 is 0 Å². The van der Waals surface area contributed by atoms with E-state index in [-0.39, 0.29) is 0 Å². The van der Waals surface area contributed by atoms with Crippen molar-refractivity contribution in [2.45, 2.75) is 6.68 Å². The second-order valence-electron chi connectivity index (χ2n) is 1.89. The molecule has 0 heterocycles. The van der Waals surface area contributed by atoms with E-state index in [1.807, 2.05) is 0 Å². The SMILES string of the molecule is FC(F)F.O=S(=O)=Nc1ccccc1. The molecule has 0 saturated carbocycles. The summed E-state index contributed by atoms with van der Waals surface area (Å²) in [6, 6.07) is 8.50. The molecule has 0 atom stereocenters. The van der Waals surface area contributed by atoms with Crippen LogP contribution >= 0.6 is 0 Å². The van der Waals surface area contributed by atoms with Gasteiger partial charge in [-0.3, -0.25) is 0 Å². The lowest BCUT2D eigenvalue weighted by atomic mass is 10.3. The maximum atomic E-state index is 10.0. The van der Waals surface area contributed by atoms with Gasteiger partial charge in [-0.15, -0.1) is 4.36 Å². The first-order valence-electron chi connectivity index (χ1n) is 3.30. The van der Waals surface area contributed by atoms with E-state index >= 15 is 0 Å². The summed E-state index contributed by atoms with van der Waals surface area (Å²) >= 11 is 0. The number of hydrogen-bond acceptors (Lipinski definition) is 3. The monoisotopic (exact) mass is 225 g/mol. The molecule has 1 aromatic carbocycles. The van der Waals surface area contributed by atoms with Gasteiger partial charge in [0.2, 0.25) is 0 Å². The summed E-state index contributed by atoms with van der Waals surface area (Å²) in [5.74, 6) is 0. The molecule has 0 aliphatic carbocycles. The fourth-order valence-electron chi connectivity index (χ4n) is 0.575. The molecule has 3 nitrogen and oxygen atoms in total. The number of nitrogens with zero attached hydrogens (tertiary/aromatic N) is 1. The zero-order valence-electron chi connectivity index (χ0n) is 6.77. The Morgan fingerprint density at radius 1 is 1.07 bits per heavy atom. The highest BCUT2D eigenvalue weighted by molar-refractivity contribution is 7.61. The third-order valence-electron chi connectivity index (χ3n) is 0.936. The summed E-state index contributed by atoms with van der Waals surface area (Å²) < 4.78 is 52.3. The van der Waals surface area contributed by atoms with Gasteiger partial charge in [0.1, 0.15) is 0 Å². The van der Waals surface area contributed by atoms with Crippen LogP contribution in [0.15, 0.2) is 34.7 Å². The molecule has 0 bridgehead atoms. The van der Waals surface area contributed by atoms with Crippen molar-refractivity contribution in [2.75, 3.05) is 0 Å². The molecule has 1 aromatic rings. The van der Waals surface area contributed by atoms with Gasteiger partial charge in [-0.2, -0.15) is 21.6 Å². The van der Waals surface area contributed by atoms with E-state index in [2.05, 4.69) is 4.36 Å². The molecule has 0 unspecified atom stereocenters. The van der Waals surface area contributed by atoms with E-state index in [9.17, 15) is 21.6 Å². The molecular formula is C7H6F3NO2S. The normalized spacial score (nSPS) is 8.86. The average molecular weight is 225 g/mol. The van der Waals surface area contributed by atoms with Crippen molar-refractivity contribution in [1.29, 1.82) is 0 Å². The fraction of sp³-hybridized carbons (Fsp3) is 0.143. The van der Waals surface area contributed by atoms with Crippen molar-refractivity contribution in [3.05, 3.63) is 30.3 Å². The van der Waals surface area contributed by atoms with Crippen LogP contribution < -0.4 is 0 Å². The quantitative estimate of drug-likeness (QED) is 0.737. The van der Waals surface area contributed by atoms with Crippen LogP contribution in [0.4, 0.5) is 18.9 Å². The lowest BCUT2D eigenvalue weighted by molar-refractivity contribution is 0.00819. The Hall–Kier alpha value is -1.37. The van der Waals surface area contributed by atoms with Gasteiger partial charge in [0, 0.05) is 0 Å². The lowest BCUT2D eigenvalue weighted by Gasteiger charge is -1.83. The number of alkyl halides is 3. The van der Waals surface area contributed by atoms with Crippen molar-refractivity contribution in [3.8, 4) is 0 Å². The highest BCUT2D eigenvalue weighted by atomic mass is 32.2. The highest BCUT2D eigenvalue weighted by Gasteiger charge is 1.86. The Morgan fingerprint density at radius 3 is 1.86 bits per heavy atom. The molecule has 0 radical (unpaired) electrons. The smallest absolute Gasteiger partial charge is 0.174 e. The molecule has 14 heavy (non-hydrogen) atoms. The Labute approximate surface area is 79.9 Å². The van der Waals surface area contributed by atoms with Crippen LogP contribution in [0.3, 0.4) is 0 Å². The zero-order chi connectivity index (χ0) is 11.0. The summed E-state index contributed by atoms with van der Waals surface area (Å²) in [5.41, 5.74) is 0.454. The van der Waals surface area contributed by atoms with Crippen LogP contribution in [0.2, 0.25) is 0 Å². The summed E-state index contributed by atoms with van der Waals surface area (Å²) in [7, 11) is -2.34. The molecule has 0 amide bonds. The fourth-order valence-corrected chi connectivity index (χ4v) is 0.869. The summed E-state index contributed by atoms with van der Waals surface area (Å²) in [5, 5.41) is 0.